The molecule has 1 amide bonds. The number of nitrogens with one attached hydrogen (secondary N) is 1. The van der Waals surface area contributed by atoms with E-state index in [0.29, 0.717) is 11.1 Å². The van der Waals surface area contributed by atoms with Crippen molar-refractivity contribution < 1.29 is 27.1 Å². The van der Waals surface area contributed by atoms with E-state index in [9.17, 15) is 22.4 Å². The van der Waals surface area contributed by atoms with E-state index in [0.717, 1.165) is 12.8 Å². The Labute approximate surface area is 196 Å². The summed E-state index contributed by atoms with van der Waals surface area (Å²) in [7, 11) is 3.51. The molecule has 1 aliphatic rings. The Morgan fingerprint density at radius 1 is 1.32 bits per heavy atom. The molecule has 1 saturated carbocycles. The van der Waals surface area contributed by atoms with E-state index < -0.39 is 24.0 Å². The summed E-state index contributed by atoms with van der Waals surface area (Å²) in [5.41, 5.74) is -1.08. The van der Waals surface area contributed by atoms with Gasteiger partial charge in [-0.25, -0.2) is 9.37 Å². The zero-order valence-corrected chi connectivity index (χ0v) is 19.5. The largest absolute Gasteiger partial charge is 0.488 e. The highest BCUT2D eigenvalue weighted by atomic mass is 19.4. The fraction of sp³-hybridized carbons (Fsp3) is 0.440. The van der Waals surface area contributed by atoms with Crippen molar-refractivity contribution in [1.29, 1.82) is 0 Å². The second-order valence-corrected chi connectivity index (χ2v) is 8.78. The van der Waals surface area contributed by atoms with Crippen LogP contribution in [0.1, 0.15) is 31.2 Å². The SMILES string of the molecule is C=C(c1nc(/C=C/CNC(=O)C2CC2)cc2cc(O[C@H](C)[C@@H](F)CN(C)C)ccc12)C(F)(F)F. The normalized spacial score (nSPS) is 16.1. The Morgan fingerprint density at radius 3 is 2.65 bits per heavy atom. The molecule has 1 aliphatic carbocycles. The second kappa shape index (κ2) is 10.5. The number of fused-ring (bicyclic) bond motifs is 1. The number of rotatable bonds is 10. The molecule has 1 fully saturated rings. The van der Waals surface area contributed by atoms with Gasteiger partial charge in [-0.05, 0) is 69.6 Å². The third-order valence-electron chi connectivity index (χ3n) is 5.45. The van der Waals surface area contributed by atoms with Crippen molar-refractivity contribution in [1.82, 2.24) is 15.2 Å². The fourth-order valence-corrected chi connectivity index (χ4v) is 3.39. The van der Waals surface area contributed by atoms with Gasteiger partial charge in [0.1, 0.15) is 18.0 Å². The van der Waals surface area contributed by atoms with E-state index in [1.54, 1.807) is 50.2 Å². The highest BCUT2D eigenvalue weighted by Crippen LogP contribution is 2.36. The van der Waals surface area contributed by atoms with E-state index >= 15 is 0 Å². The number of hydrogen-bond acceptors (Lipinski definition) is 4. The average molecular weight is 480 g/mol. The molecule has 0 radical (unpaired) electrons. The number of carbonyl (C=O) groups excluding carboxylic acids is 1. The summed E-state index contributed by atoms with van der Waals surface area (Å²) in [4.78, 5) is 17.6. The monoisotopic (exact) mass is 479 g/mol. The summed E-state index contributed by atoms with van der Waals surface area (Å²) in [6.45, 7) is 5.23. The maximum absolute atomic E-state index is 14.3. The average Bonchev–Trinajstić information content (AvgIpc) is 3.59. The van der Waals surface area contributed by atoms with Crippen LogP contribution >= 0.6 is 0 Å². The fourth-order valence-electron chi connectivity index (χ4n) is 3.39. The molecule has 1 aromatic carbocycles. The third kappa shape index (κ3) is 6.79. The number of benzene rings is 1. The summed E-state index contributed by atoms with van der Waals surface area (Å²) in [6, 6.07) is 6.15. The molecule has 2 atom stereocenters. The number of pyridine rings is 1. The molecule has 34 heavy (non-hydrogen) atoms. The number of alkyl halides is 4. The van der Waals surface area contributed by atoms with Crippen LogP contribution in [0.3, 0.4) is 0 Å². The van der Waals surface area contributed by atoms with Gasteiger partial charge in [-0.1, -0.05) is 12.7 Å². The molecular formula is C25H29F4N3O2. The first-order chi connectivity index (χ1) is 16.0. The van der Waals surface area contributed by atoms with E-state index in [4.69, 9.17) is 4.74 Å². The van der Waals surface area contributed by atoms with Gasteiger partial charge in [0, 0.05) is 24.4 Å². The van der Waals surface area contributed by atoms with Gasteiger partial charge in [0.15, 0.2) is 0 Å². The first kappa shape index (κ1) is 25.7. The molecule has 2 aromatic rings. The number of halogens is 4. The summed E-state index contributed by atoms with van der Waals surface area (Å²) in [6.07, 6.45) is -1.71. The Hall–Kier alpha value is -2.94. The molecule has 0 unspecified atom stereocenters. The zero-order valence-electron chi connectivity index (χ0n) is 19.5. The molecule has 3 rings (SSSR count). The lowest BCUT2D eigenvalue weighted by atomic mass is 10.0. The number of allylic oxidation sites excluding steroid dienone is 1. The third-order valence-corrected chi connectivity index (χ3v) is 5.45. The van der Waals surface area contributed by atoms with Gasteiger partial charge >= 0.3 is 6.18 Å². The molecular weight excluding hydrogens is 450 g/mol. The predicted molar refractivity (Wildman–Crippen MR) is 125 cm³/mol. The molecule has 0 spiro atoms. The summed E-state index contributed by atoms with van der Waals surface area (Å²) < 4.78 is 60.4. The minimum Gasteiger partial charge on any atom is -0.488 e. The predicted octanol–water partition coefficient (Wildman–Crippen LogP) is 5.02. The molecule has 9 heteroatoms. The van der Waals surface area contributed by atoms with Crippen LogP contribution in [0.15, 0.2) is 36.9 Å². The van der Waals surface area contributed by atoms with Gasteiger partial charge in [-0.2, -0.15) is 13.2 Å². The maximum Gasteiger partial charge on any atom is 0.417 e. The molecule has 5 nitrogen and oxygen atoms in total. The topological polar surface area (TPSA) is 54.5 Å². The maximum atomic E-state index is 14.3. The Morgan fingerprint density at radius 2 is 2.03 bits per heavy atom. The number of carbonyl (C=O) groups is 1. The quantitative estimate of drug-likeness (QED) is 0.487. The van der Waals surface area contributed by atoms with Gasteiger partial charge < -0.3 is 15.0 Å². The van der Waals surface area contributed by atoms with Crippen LogP contribution < -0.4 is 10.1 Å². The Bertz CT molecular complexity index is 1080. The Balaban J connectivity index is 1.88. The number of ether oxygens (including phenoxy) is 1. The minimum atomic E-state index is -4.65. The van der Waals surface area contributed by atoms with Crippen LogP contribution in [0.4, 0.5) is 17.6 Å². The van der Waals surface area contributed by atoms with Crippen LogP contribution in [0.25, 0.3) is 22.4 Å². The van der Waals surface area contributed by atoms with Gasteiger partial charge in [-0.3, -0.25) is 4.79 Å². The first-order valence-corrected chi connectivity index (χ1v) is 11.1. The van der Waals surface area contributed by atoms with Crippen LogP contribution in [0.5, 0.6) is 5.75 Å². The summed E-state index contributed by atoms with van der Waals surface area (Å²) in [5.74, 6) is 0.373. The van der Waals surface area contributed by atoms with E-state index in [1.807, 2.05) is 0 Å². The van der Waals surface area contributed by atoms with Crippen LogP contribution in [-0.2, 0) is 4.79 Å². The van der Waals surface area contributed by atoms with Gasteiger partial charge in [0.2, 0.25) is 5.91 Å². The van der Waals surface area contributed by atoms with E-state index in [2.05, 4.69) is 16.9 Å². The minimum absolute atomic E-state index is 0.0291. The van der Waals surface area contributed by atoms with Crippen LogP contribution in [0.2, 0.25) is 0 Å². The second-order valence-electron chi connectivity index (χ2n) is 8.78. The summed E-state index contributed by atoms with van der Waals surface area (Å²) >= 11 is 0. The van der Waals surface area contributed by atoms with Crippen molar-refractivity contribution in [3.8, 4) is 5.75 Å². The smallest absolute Gasteiger partial charge is 0.417 e. The van der Waals surface area contributed by atoms with Crippen molar-refractivity contribution in [2.45, 2.75) is 38.2 Å². The van der Waals surface area contributed by atoms with Gasteiger partial charge in [-0.15, -0.1) is 0 Å². The van der Waals surface area contributed by atoms with Gasteiger partial charge in [0.25, 0.3) is 0 Å². The first-order valence-electron chi connectivity index (χ1n) is 11.1. The van der Waals surface area contributed by atoms with Crippen molar-refractivity contribution in [2.75, 3.05) is 27.2 Å². The lowest BCUT2D eigenvalue weighted by molar-refractivity contribution is -0.122. The standard InChI is InChI=1S/C25H29F4N3O2/c1-15(25(27,28)29)23-21-10-9-20(34-16(2)22(26)14-32(3)4)13-18(21)12-19(31-23)6-5-11-30-24(33)17-7-8-17/h5-6,9-10,12-13,16-17,22H,1,7-8,11,14H2,2-4H3,(H,30,33)/b6-5+/t16-,22+/m1/s1. The molecule has 1 aromatic heterocycles. The lowest BCUT2D eigenvalue weighted by Crippen LogP contribution is -2.34. The number of nitrogens with zero attached hydrogens (tertiary/aromatic N) is 2. The highest BCUT2D eigenvalue weighted by Gasteiger charge is 2.35. The van der Waals surface area contributed by atoms with Crippen molar-refractivity contribution >= 4 is 28.3 Å². The van der Waals surface area contributed by atoms with E-state index in [-0.39, 0.29) is 41.7 Å². The van der Waals surface area contributed by atoms with E-state index in [1.165, 1.54) is 12.1 Å². The summed E-state index contributed by atoms with van der Waals surface area (Å²) in [5, 5.41) is 3.46. The lowest BCUT2D eigenvalue weighted by Gasteiger charge is -2.22. The molecule has 0 aliphatic heterocycles. The Kier molecular flexibility index (Phi) is 7.97. The number of amides is 1. The molecule has 1 N–H and O–H groups in total. The molecule has 0 saturated heterocycles. The molecule has 1 heterocycles. The van der Waals surface area contributed by atoms with Crippen molar-refractivity contribution in [3.05, 3.63) is 48.3 Å². The zero-order chi connectivity index (χ0) is 25.0. The van der Waals surface area contributed by atoms with Crippen LogP contribution in [0, 0.1) is 5.92 Å². The van der Waals surface area contributed by atoms with Gasteiger partial charge in [0.05, 0.1) is 17.0 Å². The highest BCUT2D eigenvalue weighted by molar-refractivity contribution is 5.94. The molecule has 184 valence electrons. The molecule has 0 bridgehead atoms. The number of aromatic nitrogens is 1. The number of hydrogen-bond donors (Lipinski definition) is 1. The van der Waals surface area contributed by atoms with Crippen molar-refractivity contribution in [2.24, 2.45) is 5.92 Å². The van der Waals surface area contributed by atoms with Crippen molar-refractivity contribution in [3.63, 3.8) is 0 Å². The van der Waals surface area contributed by atoms with Crippen LogP contribution in [-0.4, -0.2) is 61.4 Å².